The molecule has 0 spiro atoms. The number of carbonyl (C=O) groups excluding carboxylic acids is 2. The van der Waals surface area contributed by atoms with Crippen molar-refractivity contribution in [3.8, 4) is 0 Å². The second-order valence-electron chi connectivity index (χ2n) is 5.69. The summed E-state index contributed by atoms with van der Waals surface area (Å²) in [6, 6.07) is -0.159. The Morgan fingerprint density at radius 1 is 1.08 bits per heavy atom. The number of azo groups is 1. The summed E-state index contributed by atoms with van der Waals surface area (Å²) in [6.07, 6.45) is -0.319. The van der Waals surface area contributed by atoms with Crippen molar-refractivity contribution in [2.75, 3.05) is 26.4 Å². The Labute approximate surface area is 157 Å². The number of hydrogen-bond donors (Lipinski definition) is 1. The minimum atomic E-state index is -2.86. The van der Waals surface area contributed by atoms with Crippen molar-refractivity contribution in [2.24, 2.45) is 10.2 Å². The normalized spacial score (nSPS) is 12.2. The van der Waals surface area contributed by atoms with Gasteiger partial charge in [0.1, 0.15) is 0 Å². The fourth-order valence-corrected chi connectivity index (χ4v) is 8.23. The van der Waals surface area contributed by atoms with Crippen LogP contribution in [0.1, 0.15) is 27.2 Å². The van der Waals surface area contributed by atoms with E-state index in [1.807, 2.05) is 32.6 Å². The Kier molecular flexibility index (Phi) is 12.2. The lowest BCUT2D eigenvalue weighted by Gasteiger charge is -2.35. The molecule has 11 heteroatoms. The molecule has 0 fully saturated rings. The van der Waals surface area contributed by atoms with E-state index in [0.29, 0.717) is 32.2 Å². The van der Waals surface area contributed by atoms with Crippen molar-refractivity contribution in [3.63, 3.8) is 0 Å². The van der Waals surface area contributed by atoms with Gasteiger partial charge < -0.3 is 23.0 Å². The van der Waals surface area contributed by atoms with Crippen LogP contribution in [0.5, 0.6) is 0 Å². The van der Waals surface area contributed by atoms with Gasteiger partial charge in [-0.1, -0.05) is 15.9 Å². The van der Waals surface area contributed by atoms with Gasteiger partial charge in [-0.05, 0) is 40.3 Å². The highest BCUT2D eigenvalue weighted by Crippen LogP contribution is 2.23. The van der Waals surface area contributed by atoms with E-state index in [0.717, 1.165) is 0 Å². The van der Waals surface area contributed by atoms with Gasteiger partial charge in [0.05, 0.1) is 6.61 Å². The zero-order valence-electron chi connectivity index (χ0n) is 16.4. The third kappa shape index (κ3) is 10.6. The molecule has 0 saturated carbocycles. The van der Waals surface area contributed by atoms with Crippen molar-refractivity contribution in [3.05, 3.63) is 12.3 Å². The summed E-state index contributed by atoms with van der Waals surface area (Å²) in [5.41, 5.74) is 1.84. The van der Waals surface area contributed by atoms with Crippen LogP contribution < -0.4 is 5.32 Å². The maximum Gasteiger partial charge on any atom is 0.490 e. The van der Waals surface area contributed by atoms with E-state index < -0.39 is 29.2 Å². The minimum absolute atomic E-state index is 0.172. The summed E-state index contributed by atoms with van der Waals surface area (Å²) in [5.74, 6) is 0. The van der Waals surface area contributed by atoms with Gasteiger partial charge in [-0.25, -0.2) is 9.59 Å². The van der Waals surface area contributed by atoms with Crippen LogP contribution in [0, 0.1) is 0 Å². The van der Waals surface area contributed by atoms with Gasteiger partial charge in [-0.2, -0.15) is 0 Å². The molecule has 0 rings (SSSR count). The van der Waals surface area contributed by atoms with E-state index in [4.69, 9.17) is 13.0 Å². The lowest BCUT2D eigenvalue weighted by Crippen LogP contribution is -2.53. The van der Waals surface area contributed by atoms with E-state index >= 15 is 0 Å². The first-order valence-electron chi connectivity index (χ1n) is 8.72. The van der Waals surface area contributed by atoms with Crippen molar-refractivity contribution in [1.29, 1.82) is 0 Å². The molecule has 0 bridgehead atoms. The molecule has 3 amide bonds. The highest BCUT2D eigenvalue weighted by molar-refractivity contribution is 6.84. The van der Waals surface area contributed by atoms with Gasteiger partial charge in [0.25, 0.3) is 0 Å². The Morgan fingerprint density at radius 3 is 2.19 bits per heavy atom. The van der Waals surface area contributed by atoms with Gasteiger partial charge in [0.2, 0.25) is 8.32 Å². The molecule has 0 heterocycles. The second kappa shape index (κ2) is 12.9. The molecule has 9 nitrogen and oxygen atoms in total. The Morgan fingerprint density at radius 2 is 1.69 bits per heavy atom. The number of nitrogens with zero attached hydrogens (tertiary/aromatic N) is 2. The monoisotopic (exact) mass is 405 g/mol. The fraction of sp³-hybridized carbons (Fsp3) is 0.733. The summed E-state index contributed by atoms with van der Waals surface area (Å²) >= 11 is 0. The number of urea groups is 1. The molecule has 26 heavy (non-hydrogen) atoms. The summed E-state index contributed by atoms with van der Waals surface area (Å²) in [5, 5.41) is 8.93. The van der Waals surface area contributed by atoms with Crippen molar-refractivity contribution in [1.82, 2.24) is 5.32 Å². The first kappa shape index (κ1) is 24.6. The number of hydrogen-bond acceptors (Lipinski definition) is 6. The van der Waals surface area contributed by atoms with Crippen LogP contribution >= 0.6 is 0 Å². The average Bonchev–Trinajstić information content (AvgIpc) is 2.57. The third-order valence-electron chi connectivity index (χ3n) is 3.06. The molecular formula is C15H31N3O6Si2. The molecule has 0 aliphatic carbocycles. The van der Waals surface area contributed by atoms with Crippen LogP contribution in [-0.4, -0.2) is 55.6 Å². The highest BCUT2D eigenvalue weighted by atomic mass is 28.5. The zero-order valence-corrected chi connectivity index (χ0v) is 18.4. The largest absolute Gasteiger partial charge is 0.490 e. The average molecular weight is 406 g/mol. The van der Waals surface area contributed by atoms with Gasteiger partial charge in [0.15, 0.2) is 0 Å². The van der Waals surface area contributed by atoms with E-state index in [1.165, 1.54) is 0 Å². The van der Waals surface area contributed by atoms with Gasteiger partial charge in [-0.3, -0.25) is 0 Å². The number of rotatable bonds is 12. The van der Waals surface area contributed by atoms with Crippen molar-refractivity contribution in [2.45, 2.75) is 46.3 Å². The van der Waals surface area contributed by atoms with Crippen LogP contribution in [0.2, 0.25) is 19.1 Å². The Balaban J connectivity index is 4.63. The summed E-state index contributed by atoms with van der Waals surface area (Å²) in [6.45, 7) is 14.8. The topological polar surface area (TPSA) is 108 Å². The van der Waals surface area contributed by atoms with Crippen LogP contribution in [0.25, 0.3) is 0 Å². The van der Waals surface area contributed by atoms with Crippen LogP contribution in [0.15, 0.2) is 22.5 Å². The molecule has 150 valence electrons. The van der Waals surface area contributed by atoms with Gasteiger partial charge in [0, 0.05) is 25.8 Å². The third-order valence-corrected chi connectivity index (χ3v) is 9.82. The number of ether oxygens (including phenoxy) is 1. The molecule has 1 N–H and O–H groups in total. The van der Waals surface area contributed by atoms with E-state index in [1.54, 1.807) is 6.92 Å². The lowest BCUT2D eigenvalue weighted by molar-refractivity contribution is 0.114. The standard InChI is InChI=1S/C15H31N3O6Si2/c1-7-21-15(20)18-17-14(19)16-12-11-13-26(22-8-2,23-9-3)24-25(5,6)10-4/h10H,4,7-9,11-13H2,1-3,5-6H3,(H,16,19)/b18-17+. The lowest BCUT2D eigenvalue weighted by atomic mass is 10.5. The summed E-state index contributed by atoms with van der Waals surface area (Å²) < 4.78 is 22.6. The molecule has 0 aliphatic heterocycles. The van der Waals surface area contributed by atoms with Gasteiger partial charge in [-0.15, -0.1) is 6.58 Å². The molecular weight excluding hydrogens is 374 g/mol. The van der Waals surface area contributed by atoms with E-state index in [-0.39, 0.29) is 6.61 Å². The SMILES string of the molecule is C=C[Si](C)(C)O[Si](CCCNC(=O)/N=N/C(=O)OCC)(OCC)OCC. The molecule has 0 saturated heterocycles. The predicted molar refractivity (Wildman–Crippen MR) is 102 cm³/mol. The molecule has 0 aromatic carbocycles. The Bertz CT molecular complexity index is 482. The number of nitrogens with one attached hydrogen (secondary N) is 1. The highest BCUT2D eigenvalue weighted by Gasteiger charge is 2.44. The molecule has 0 aromatic rings. The summed E-state index contributed by atoms with van der Waals surface area (Å²) in [4.78, 5) is 22.5. The predicted octanol–water partition coefficient (Wildman–Crippen LogP) is 3.65. The molecule has 0 aliphatic rings. The molecule has 0 aromatic heterocycles. The summed E-state index contributed by atoms with van der Waals surface area (Å²) in [7, 11) is -4.96. The van der Waals surface area contributed by atoms with Crippen LogP contribution in [0.4, 0.5) is 9.59 Å². The molecule has 0 unspecified atom stereocenters. The maximum absolute atomic E-state index is 11.5. The van der Waals surface area contributed by atoms with Crippen molar-refractivity contribution < 1.29 is 27.3 Å². The zero-order chi connectivity index (χ0) is 20.1. The van der Waals surface area contributed by atoms with Crippen LogP contribution in [0.3, 0.4) is 0 Å². The minimum Gasteiger partial charge on any atom is -0.447 e. The molecule has 0 radical (unpaired) electrons. The molecule has 0 atom stereocenters. The number of carbonyl (C=O) groups is 2. The van der Waals surface area contributed by atoms with Gasteiger partial charge >= 0.3 is 20.9 Å². The number of amides is 3. The fourth-order valence-electron chi connectivity index (χ4n) is 1.95. The van der Waals surface area contributed by atoms with Crippen molar-refractivity contribution >= 4 is 29.2 Å². The smallest absolute Gasteiger partial charge is 0.447 e. The van der Waals surface area contributed by atoms with E-state index in [2.05, 4.69) is 26.9 Å². The first-order valence-corrected chi connectivity index (χ1v) is 13.6. The van der Waals surface area contributed by atoms with E-state index in [9.17, 15) is 9.59 Å². The quantitative estimate of drug-likeness (QED) is 0.302. The second-order valence-corrected chi connectivity index (χ2v) is 12.6. The maximum atomic E-state index is 11.5. The Hall–Kier alpha value is -1.41. The van der Waals surface area contributed by atoms with Crippen LogP contribution in [-0.2, 0) is 17.7 Å². The first-order chi connectivity index (χ1) is 12.2.